The van der Waals surface area contributed by atoms with Crippen LogP contribution in [-0.2, 0) is 26.2 Å². The van der Waals surface area contributed by atoms with Crippen molar-refractivity contribution in [3.8, 4) is 0 Å². The van der Waals surface area contributed by atoms with Crippen LogP contribution in [0.3, 0.4) is 0 Å². The van der Waals surface area contributed by atoms with Crippen LogP contribution in [0, 0.1) is 11.7 Å². The lowest BCUT2D eigenvalue weighted by Crippen LogP contribution is -2.45. The summed E-state index contributed by atoms with van der Waals surface area (Å²) < 4.78 is 46.1. The number of amides is 1. The monoisotopic (exact) mass is 408 g/mol. The number of primary amides is 1. The number of ether oxygens (including phenoxy) is 1. The maximum Gasteiger partial charge on any atom is 0.324 e. The van der Waals surface area contributed by atoms with Gasteiger partial charge in [-0.1, -0.05) is 38.1 Å². The lowest BCUT2D eigenvalue weighted by Gasteiger charge is -2.21. The van der Waals surface area contributed by atoms with Crippen molar-refractivity contribution in [2.45, 2.75) is 31.4 Å². The van der Waals surface area contributed by atoms with Crippen LogP contribution in [0.5, 0.6) is 0 Å². The zero-order chi connectivity index (χ0) is 20.9. The molecule has 28 heavy (non-hydrogen) atoms. The molecule has 1 atom stereocenters. The summed E-state index contributed by atoms with van der Waals surface area (Å²) in [6, 6.07) is 9.81. The van der Waals surface area contributed by atoms with Crippen molar-refractivity contribution < 1.29 is 27.1 Å². The Morgan fingerprint density at radius 3 is 2.25 bits per heavy atom. The number of hydrogen-bond acceptors (Lipinski definition) is 5. The number of hydrogen-bond donors (Lipinski definition) is 2. The first-order valence-corrected chi connectivity index (χ1v) is 9.92. The first-order valence-electron chi connectivity index (χ1n) is 8.44. The van der Waals surface area contributed by atoms with Crippen LogP contribution in [0.4, 0.5) is 4.39 Å². The molecule has 7 nitrogen and oxygen atoms in total. The number of benzene rings is 2. The number of sulfonamides is 1. The smallest absolute Gasteiger partial charge is 0.324 e. The van der Waals surface area contributed by atoms with Crippen LogP contribution in [0.2, 0.25) is 0 Å². The molecule has 0 spiro atoms. The first-order chi connectivity index (χ1) is 13.1. The Kier molecular flexibility index (Phi) is 6.87. The van der Waals surface area contributed by atoms with Gasteiger partial charge >= 0.3 is 5.97 Å². The van der Waals surface area contributed by atoms with E-state index < -0.39 is 44.6 Å². The summed E-state index contributed by atoms with van der Waals surface area (Å²) in [5.74, 6) is -2.73. The lowest BCUT2D eigenvalue weighted by molar-refractivity contribution is -0.148. The molecule has 9 heteroatoms. The number of halogens is 1. The van der Waals surface area contributed by atoms with Crippen molar-refractivity contribution in [3.05, 3.63) is 65.5 Å². The summed E-state index contributed by atoms with van der Waals surface area (Å²) in [6.45, 7) is 3.15. The zero-order valence-corrected chi connectivity index (χ0v) is 16.2. The minimum Gasteiger partial charge on any atom is -0.460 e. The van der Waals surface area contributed by atoms with E-state index in [-0.39, 0.29) is 6.61 Å². The molecule has 0 saturated heterocycles. The second kappa shape index (κ2) is 8.94. The van der Waals surface area contributed by atoms with Gasteiger partial charge in [-0.15, -0.1) is 0 Å². The molecule has 0 unspecified atom stereocenters. The third-order valence-electron chi connectivity index (χ3n) is 3.95. The van der Waals surface area contributed by atoms with Crippen LogP contribution in [0.1, 0.15) is 29.8 Å². The first kappa shape index (κ1) is 21.5. The van der Waals surface area contributed by atoms with Crippen molar-refractivity contribution in [3.63, 3.8) is 0 Å². The SMILES string of the molecule is CC(C)[C@H](NS(=O)(=O)c1ccccc1F)C(=O)OCc1ccc(C(N)=O)cc1. The maximum atomic E-state index is 13.8. The molecule has 0 heterocycles. The minimum atomic E-state index is -4.26. The van der Waals surface area contributed by atoms with E-state index in [1.165, 1.54) is 24.3 Å². The van der Waals surface area contributed by atoms with Crippen LogP contribution >= 0.6 is 0 Å². The quantitative estimate of drug-likeness (QED) is 0.648. The molecule has 0 fully saturated rings. The standard InChI is InChI=1S/C19H21FN2O5S/c1-12(2)17(22-28(25,26)16-6-4-3-5-15(16)20)19(24)27-11-13-7-9-14(10-8-13)18(21)23/h3-10,12,17,22H,11H2,1-2H3,(H2,21,23)/t17-/m0/s1. The van der Waals surface area contributed by atoms with Crippen LogP contribution in [-0.4, -0.2) is 26.3 Å². The molecule has 2 rings (SSSR count). The fourth-order valence-corrected chi connectivity index (χ4v) is 3.77. The second-order valence-electron chi connectivity index (χ2n) is 6.44. The summed E-state index contributed by atoms with van der Waals surface area (Å²) in [4.78, 5) is 22.9. The molecule has 2 aromatic carbocycles. The highest BCUT2D eigenvalue weighted by molar-refractivity contribution is 7.89. The molecule has 3 N–H and O–H groups in total. The second-order valence-corrected chi connectivity index (χ2v) is 8.12. The molecule has 0 aromatic heterocycles. The van der Waals surface area contributed by atoms with E-state index in [2.05, 4.69) is 4.72 Å². The van der Waals surface area contributed by atoms with Crippen molar-refractivity contribution in [1.82, 2.24) is 4.72 Å². The third kappa shape index (κ3) is 5.37. The molecular formula is C19H21FN2O5S. The summed E-state index contributed by atoms with van der Waals surface area (Å²) in [5, 5.41) is 0. The van der Waals surface area contributed by atoms with Gasteiger partial charge in [0, 0.05) is 5.56 Å². The Hall–Kier alpha value is -2.78. The van der Waals surface area contributed by atoms with E-state index in [0.717, 1.165) is 12.1 Å². The fourth-order valence-electron chi connectivity index (χ4n) is 2.36. The Bertz CT molecular complexity index is 959. The average Bonchev–Trinajstić information content (AvgIpc) is 2.64. The molecule has 2 aromatic rings. The Labute approximate surface area is 162 Å². The Morgan fingerprint density at radius 1 is 1.11 bits per heavy atom. The molecule has 0 aliphatic rings. The van der Waals surface area contributed by atoms with Crippen molar-refractivity contribution in [2.24, 2.45) is 11.7 Å². The van der Waals surface area contributed by atoms with Gasteiger partial charge in [0.2, 0.25) is 15.9 Å². The van der Waals surface area contributed by atoms with Gasteiger partial charge in [-0.3, -0.25) is 9.59 Å². The predicted octanol–water partition coefficient (Wildman–Crippen LogP) is 1.97. The summed E-state index contributed by atoms with van der Waals surface area (Å²) in [5.41, 5.74) is 6.07. The fraction of sp³-hybridized carbons (Fsp3) is 0.263. The average molecular weight is 408 g/mol. The van der Waals surface area contributed by atoms with Crippen LogP contribution in [0.15, 0.2) is 53.4 Å². The number of carbonyl (C=O) groups excluding carboxylic acids is 2. The van der Waals surface area contributed by atoms with Crippen LogP contribution < -0.4 is 10.5 Å². The van der Waals surface area contributed by atoms with Crippen molar-refractivity contribution in [2.75, 3.05) is 0 Å². The van der Waals surface area contributed by atoms with E-state index in [1.807, 2.05) is 0 Å². The number of rotatable bonds is 8. The Morgan fingerprint density at radius 2 is 1.71 bits per heavy atom. The number of esters is 1. The summed E-state index contributed by atoms with van der Waals surface area (Å²) >= 11 is 0. The van der Waals surface area contributed by atoms with Gasteiger partial charge in [0.05, 0.1) is 0 Å². The van der Waals surface area contributed by atoms with Gasteiger partial charge in [-0.05, 0) is 35.7 Å². The number of nitrogens with two attached hydrogens (primary N) is 1. The third-order valence-corrected chi connectivity index (χ3v) is 5.42. The van der Waals surface area contributed by atoms with Gasteiger partial charge in [0.25, 0.3) is 0 Å². The van der Waals surface area contributed by atoms with E-state index in [1.54, 1.807) is 26.0 Å². The van der Waals surface area contributed by atoms with Gasteiger partial charge in [-0.2, -0.15) is 4.72 Å². The van der Waals surface area contributed by atoms with E-state index in [9.17, 15) is 22.4 Å². The van der Waals surface area contributed by atoms with Crippen LogP contribution in [0.25, 0.3) is 0 Å². The maximum absolute atomic E-state index is 13.8. The van der Waals surface area contributed by atoms with E-state index >= 15 is 0 Å². The van der Waals surface area contributed by atoms with Gasteiger partial charge in [0.1, 0.15) is 23.4 Å². The summed E-state index contributed by atoms with van der Waals surface area (Å²) in [7, 11) is -4.26. The summed E-state index contributed by atoms with van der Waals surface area (Å²) in [6.07, 6.45) is 0. The topological polar surface area (TPSA) is 116 Å². The van der Waals surface area contributed by atoms with Crippen molar-refractivity contribution in [1.29, 1.82) is 0 Å². The van der Waals surface area contributed by atoms with E-state index in [4.69, 9.17) is 10.5 Å². The molecule has 0 bridgehead atoms. The normalized spacial score (nSPS) is 12.6. The number of carbonyl (C=O) groups is 2. The molecule has 0 aliphatic heterocycles. The van der Waals surface area contributed by atoms with E-state index in [0.29, 0.717) is 11.1 Å². The molecule has 150 valence electrons. The lowest BCUT2D eigenvalue weighted by atomic mass is 10.1. The highest BCUT2D eigenvalue weighted by Crippen LogP contribution is 2.16. The number of nitrogens with one attached hydrogen (secondary N) is 1. The highest BCUT2D eigenvalue weighted by Gasteiger charge is 2.31. The Balaban J connectivity index is 2.09. The van der Waals surface area contributed by atoms with Gasteiger partial charge in [0.15, 0.2) is 0 Å². The molecule has 0 aliphatic carbocycles. The van der Waals surface area contributed by atoms with Crippen molar-refractivity contribution >= 4 is 21.9 Å². The largest absolute Gasteiger partial charge is 0.460 e. The van der Waals surface area contributed by atoms with Gasteiger partial charge in [-0.25, -0.2) is 12.8 Å². The van der Waals surface area contributed by atoms with Gasteiger partial charge < -0.3 is 10.5 Å². The predicted molar refractivity (Wildman–Crippen MR) is 100 cm³/mol. The molecule has 1 amide bonds. The molecule has 0 radical (unpaired) electrons. The molecular weight excluding hydrogens is 387 g/mol. The zero-order valence-electron chi connectivity index (χ0n) is 15.4. The minimum absolute atomic E-state index is 0.122. The highest BCUT2D eigenvalue weighted by atomic mass is 32.2. The molecule has 0 saturated carbocycles.